The molecule has 102 valence electrons. The molecule has 1 fully saturated rings. The molecule has 3 nitrogen and oxygen atoms in total. The summed E-state index contributed by atoms with van der Waals surface area (Å²) in [6.45, 7) is 4.47. The maximum Gasteiger partial charge on any atom is 0.185 e. The molecule has 3 aromatic rings. The summed E-state index contributed by atoms with van der Waals surface area (Å²) in [6.07, 6.45) is 4.67. The van der Waals surface area contributed by atoms with Gasteiger partial charge in [0.15, 0.2) is 5.13 Å². The first kappa shape index (κ1) is 12.0. The first-order chi connectivity index (χ1) is 9.83. The molecule has 0 aliphatic carbocycles. The van der Waals surface area contributed by atoms with Crippen molar-refractivity contribution in [2.75, 3.05) is 18.0 Å². The minimum Gasteiger partial charge on any atom is -0.360 e. The molecule has 0 saturated carbocycles. The number of rotatable bonds is 2. The van der Waals surface area contributed by atoms with Gasteiger partial charge >= 0.3 is 0 Å². The zero-order valence-corrected chi connectivity index (χ0v) is 12.3. The average Bonchev–Trinajstić information content (AvgIpc) is 3.18. The number of aromatic amines is 1. The molecule has 0 amide bonds. The standard InChI is InChI=1S/C16H17N3S/c1-11-5-4-6-13-15(11)12(9-17-13)14-10-20-16(18-14)19-7-2-3-8-19/h4-6,9-10,17H,2-3,7-8H2,1H3. The summed E-state index contributed by atoms with van der Waals surface area (Å²) in [5, 5.41) is 4.65. The molecular weight excluding hydrogens is 266 g/mol. The van der Waals surface area contributed by atoms with E-state index in [1.807, 2.05) is 0 Å². The molecule has 0 radical (unpaired) electrons. The van der Waals surface area contributed by atoms with E-state index in [1.54, 1.807) is 11.3 Å². The number of benzene rings is 1. The fraction of sp³-hybridized carbons (Fsp3) is 0.312. The van der Waals surface area contributed by atoms with E-state index >= 15 is 0 Å². The van der Waals surface area contributed by atoms with E-state index in [-0.39, 0.29) is 0 Å². The number of anilines is 1. The van der Waals surface area contributed by atoms with Crippen LogP contribution in [0.25, 0.3) is 22.2 Å². The summed E-state index contributed by atoms with van der Waals surface area (Å²) in [7, 11) is 0. The Morgan fingerprint density at radius 2 is 2.10 bits per heavy atom. The van der Waals surface area contributed by atoms with Crippen molar-refractivity contribution >= 4 is 27.4 Å². The molecule has 20 heavy (non-hydrogen) atoms. The van der Waals surface area contributed by atoms with Gasteiger partial charge in [0.1, 0.15) is 0 Å². The second-order valence-electron chi connectivity index (χ2n) is 5.41. The largest absolute Gasteiger partial charge is 0.360 e. The van der Waals surface area contributed by atoms with Crippen molar-refractivity contribution < 1.29 is 0 Å². The van der Waals surface area contributed by atoms with Crippen LogP contribution in [0.2, 0.25) is 0 Å². The van der Waals surface area contributed by atoms with Crippen LogP contribution in [0.4, 0.5) is 5.13 Å². The van der Waals surface area contributed by atoms with E-state index in [1.165, 1.54) is 40.0 Å². The van der Waals surface area contributed by atoms with Crippen LogP contribution in [0, 0.1) is 6.92 Å². The van der Waals surface area contributed by atoms with E-state index in [2.05, 4.69) is 46.6 Å². The molecular formula is C16H17N3S. The van der Waals surface area contributed by atoms with Gasteiger partial charge in [-0.05, 0) is 31.4 Å². The lowest BCUT2D eigenvalue weighted by molar-refractivity contribution is 0.949. The minimum atomic E-state index is 1.09. The number of hydrogen-bond donors (Lipinski definition) is 1. The predicted octanol–water partition coefficient (Wildman–Crippen LogP) is 4.20. The third-order valence-electron chi connectivity index (χ3n) is 4.06. The summed E-state index contributed by atoms with van der Waals surface area (Å²) >= 11 is 1.76. The predicted molar refractivity (Wildman–Crippen MR) is 85.6 cm³/mol. The SMILES string of the molecule is Cc1cccc2[nH]cc(-c3csc(N4CCCC4)n3)c12. The third-order valence-corrected chi connectivity index (χ3v) is 4.96. The number of H-pyrrole nitrogens is 1. The van der Waals surface area contributed by atoms with Crippen molar-refractivity contribution in [1.82, 2.24) is 9.97 Å². The third kappa shape index (κ3) is 1.83. The van der Waals surface area contributed by atoms with Gasteiger partial charge in [-0.1, -0.05) is 12.1 Å². The first-order valence-electron chi connectivity index (χ1n) is 7.10. The highest BCUT2D eigenvalue weighted by molar-refractivity contribution is 7.14. The Labute approximate surface area is 122 Å². The fourth-order valence-corrected chi connectivity index (χ4v) is 3.89. The van der Waals surface area contributed by atoms with Gasteiger partial charge in [0.2, 0.25) is 0 Å². The van der Waals surface area contributed by atoms with Gasteiger partial charge in [-0.15, -0.1) is 11.3 Å². The van der Waals surface area contributed by atoms with Crippen molar-refractivity contribution in [3.05, 3.63) is 35.3 Å². The molecule has 2 aromatic heterocycles. The topological polar surface area (TPSA) is 31.9 Å². The van der Waals surface area contributed by atoms with Crippen LogP contribution in [0.15, 0.2) is 29.8 Å². The van der Waals surface area contributed by atoms with Gasteiger partial charge < -0.3 is 9.88 Å². The van der Waals surface area contributed by atoms with Crippen molar-refractivity contribution in [3.8, 4) is 11.3 Å². The summed E-state index contributed by atoms with van der Waals surface area (Å²) in [5.74, 6) is 0. The van der Waals surface area contributed by atoms with Gasteiger partial charge in [-0.3, -0.25) is 0 Å². The lowest BCUT2D eigenvalue weighted by atomic mass is 10.1. The molecule has 1 N–H and O–H groups in total. The van der Waals surface area contributed by atoms with Crippen molar-refractivity contribution in [2.45, 2.75) is 19.8 Å². The lowest BCUT2D eigenvalue weighted by Gasteiger charge is -2.12. The second kappa shape index (κ2) is 4.63. The quantitative estimate of drug-likeness (QED) is 0.764. The van der Waals surface area contributed by atoms with Gasteiger partial charge in [0.25, 0.3) is 0 Å². The Kier molecular flexibility index (Phi) is 2.77. The molecule has 0 unspecified atom stereocenters. The van der Waals surface area contributed by atoms with E-state index < -0.39 is 0 Å². The van der Waals surface area contributed by atoms with Crippen LogP contribution in [0.5, 0.6) is 0 Å². The van der Waals surface area contributed by atoms with Crippen LogP contribution in [-0.4, -0.2) is 23.1 Å². The molecule has 1 saturated heterocycles. The first-order valence-corrected chi connectivity index (χ1v) is 7.98. The summed E-state index contributed by atoms with van der Waals surface area (Å²) in [5.41, 5.74) is 4.81. The Hall–Kier alpha value is -1.81. The van der Waals surface area contributed by atoms with Gasteiger partial charge in [0, 0.05) is 41.1 Å². The van der Waals surface area contributed by atoms with E-state index in [0.717, 1.165) is 18.8 Å². The molecule has 1 aromatic carbocycles. The molecule has 1 aliphatic heterocycles. The highest BCUT2D eigenvalue weighted by Crippen LogP contribution is 2.34. The van der Waals surface area contributed by atoms with Gasteiger partial charge in [-0.25, -0.2) is 4.98 Å². The zero-order valence-electron chi connectivity index (χ0n) is 11.5. The molecule has 4 rings (SSSR count). The fourth-order valence-electron chi connectivity index (χ4n) is 3.01. The summed E-state index contributed by atoms with van der Waals surface area (Å²) in [4.78, 5) is 10.6. The van der Waals surface area contributed by atoms with Crippen molar-refractivity contribution in [1.29, 1.82) is 0 Å². The molecule has 1 aliphatic rings. The second-order valence-corrected chi connectivity index (χ2v) is 6.25. The number of thiazole rings is 1. The maximum absolute atomic E-state index is 4.85. The highest BCUT2D eigenvalue weighted by atomic mass is 32.1. The van der Waals surface area contributed by atoms with Gasteiger partial charge in [0.05, 0.1) is 5.69 Å². The average molecular weight is 283 g/mol. The maximum atomic E-state index is 4.85. The summed E-state index contributed by atoms with van der Waals surface area (Å²) in [6, 6.07) is 6.38. The smallest absolute Gasteiger partial charge is 0.185 e. The number of nitrogens with one attached hydrogen (secondary N) is 1. The molecule has 4 heteroatoms. The number of aromatic nitrogens is 2. The van der Waals surface area contributed by atoms with Crippen LogP contribution in [0.3, 0.4) is 0 Å². The normalized spacial score (nSPS) is 15.3. The number of aryl methyl sites for hydroxylation is 1. The zero-order chi connectivity index (χ0) is 13.5. The Morgan fingerprint density at radius 1 is 1.25 bits per heavy atom. The number of fused-ring (bicyclic) bond motifs is 1. The van der Waals surface area contributed by atoms with Crippen molar-refractivity contribution in [2.24, 2.45) is 0 Å². The minimum absolute atomic E-state index is 1.09. The van der Waals surface area contributed by atoms with Crippen molar-refractivity contribution in [3.63, 3.8) is 0 Å². The molecule has 0 spiro atoms. The number of nitrogens with zero attached hydrogens (tertiary/aromatic N) is 2. The summed E-state index contributed by atoms with van der Waals surface area (Å²) < 4.78 is 0. The Bertz CT molecular complexity index is 750. The van der Waals surface area contributed by atoms with E-state index in [9.17, 15) is 0 Å². The Morgan fingerprint density at radius 3 is 2.95 bits per heavy atom. The van der Waals surface area contributed by atoms with E-state index in [4.69, 9.17) is 4.98 Å². The molecule has 0 atom stereocenters. The van der Waals surface area contributed by atoms with Crippen LogP contribution < -0.4 is 4.90 Å². The van der Waals surface area contributed by atoms with E-state index in [0.29, 0.717) is 0 Å². The lowest BCUT2D eigenvalue weighted by Crippen LogP contribution is -2.17. The Balaban J connectivity index is 1.79. The van der Waals surface area contributed by atoms with Gasteiger partial charge in [-0.2, -0.15) is 0 Å². The monoisotopic (exact) mass is 283 g/mol. The van der Waals surface area contributed by atoms with Crippen LogP contribution in [0.1, 0.15) is 18.4 Å². The number of hydrogen-bond acceptors (Lipinski definition) is 3. The molecule has 0 bridgehead atoms. The molecule has 3 heterocycles. The van der Waals surface area contributed by atoms with Crippen LogP contribution >= 0.6 is 11.3 Å². The van der Waals surface area contributed by atoms with Crippen LogP contribution in [-0.2, 0) is 0 Å². The highest BCUT2D eigenvalue weighted by Gasteiger charge is 2.17.